The highest BCUT2D eigenvalue weighted by molar-refractivity contribution is 6.34. The van der Waals surface area contributed by atoms with Crippen molar-refractivity contribution in [2.45, 2.75) is 13.5 Å². The van der Waals surface area contributed by atoms with Gasteiger partial charge in [-0.05, 0) is 48.4 Å². The van der Waals surface area contributed by atoms with Crippen LogP contribution in [0.1, 0.15) is 11.1 Å². The first-order valence-corrected chi connectivity index (χ1v) is 6.27. The van der Waals surface area contributed by atoms with Crippen LogP contribution in [0.3, 0.4) is 0 Å². The Kier molecular flexibility index (Phi) is 4.12. The van der Waals surface area contributed by atoms with E-state index in [0.29, 0.717) is 22.3 Å². The monoisotopic (exact) mass is 281 g/mol. The summed E-state index contributed by atoms with van der Waals surface area (Å²) in [6, 6.07) is 10.9. The summed E-state index contributed by atoms with van der Waals surface area (Å²) in [6.07, 6.45) is 0. The molecule has 0 aliphatic heterocycles. The first-order chi connectivity index (χ1) is 8.58. The number of ether oxygens (including phenoxy) is 1. The minimum atomic E-state index is 0.523. The third-order valence-corrected chi connectivity index (χ3v) is 3.04. The Hall–Kier alpha value is -1.22. The van der Waals surface area contributed by atoms with E-state index in [9.17, 15) is 0 Å². The number of rotatable bonds is 3. The average Bonchev–Trinajstić information content (AvgIpc) is 2.27. The van der Waals surface area contributed by atoms with Gasteiger partial charge in [0, 0.05) is 16.6 Å². The van der Waals surface area contributed by atoms with Gasteiger partial charge in [0.15, 0.2) is 0 Å². The normalized spacial score (nSPS) is 10.4. The van der Waals surface area contributed by atoms with Crippen molar-refractivity contribution >= 4 is 23.2 Å². The van der Waals surface area contributed by atoms with Crippen molar-refractivity contribution < 1.29 is 4.74 Å². The Morgan fingerprint density at radius 2 is 1.67 bits per heavy atom. The minimum absolute atomic E-state index is 0.523. The standard InChI is InChI=1S/C14H13Cl2NO/c1-9-4-13(3-2-10(9)8-17)18-14-6-11(15)5-12(16)7-14/h2-7H,8,17H2,1H3. The number of hydrogen-bond acceptors (Lipinski definition) is 2. The van der Waals surface area contributed by atoms with E-state index in [-0.39, 0.29) is 0 Å². The second-order valence-electron chi connectivity index (χ2n) is 4.00. The largest absolute Gasteiger partial charge is 0.457 e. The first kappa shape index (κ1) is 13.2. The molecule has 94 valence electrons. The number of hydrogen-bond donors (Lipinski definition) is 1. The Morgan fingerprint density at radius 3 is 2.22 bits per heavy atom. The Bertz CT molecular complexity index is 549. The van der Waals surface area contributed by atoms with E-state index >= 15 is 0 Å². The molecule has 0 amide bonds. The van der Waals surface area contributed by atoms with Crippen LogP contribution in [0.4, 0.5) is 0 Å². The van der Waals surface area contributed by atoms with Crippen LogP contribution >= 0.6 is 23.2 Å². The molecule has 2 nitrogen and oxygen atoms in total. The van der Waals surface area contributed by atoms with Gasteiger partial charge in [-0.25, -0.2) is 0 Å². The van der Waals surface area contributed by atoms with Crippen LogP contribution in [0.25, 0.3) is 0 Å². The molecule has 0 saturated heterocycles. The lowest BCUT2D eigenvalue weighted by Gasteiger charge is -2.09. The maximum Gasteiger partial charge on any atom is 0.130 e. The molecule has 0 atom stereocenters. The van der Waals surface area contributed by atoms with E-state index in [1.165, 1.54) is 0 Å². The number of aryl methyl sites for hydroxylation is 1. The van der Waals surface area contributed by atoms with Crippen molar-refractivity contribution in [3.63, 3.8) is 0 Å². The maximum atomic E-state index is 5.91. The van der Waals surface area contributed by atoms with Crippen molar-refractivity contribution in [3.8, 4) is 11.5 Å². The fourth-order valence-corrected chi connectivity index (χ4v) is 2.19. The minimum Gasteiger partial charge on any atom is -0.457 e. The van der Waals surface area contributed by atoms with Crippen LogP contribution in [0, 0.1) is 6.92 Å². The molecule has 0 heterocycles. The van der Waals surface area contributed by atoms with Gasteiger partial charge in [0.25, 0.3) is 0 Å². The highest BCUT2D eigenvalue weighted by atomic mass is 35.5. The van der Waals surface area contributed by atoms with Gasteiger partial charge in [0.05, 0.1) is 0 Å². The maximum absolute atomic E-state index is 5.91. The van der Waals surface area contributed by atoms with Crippen molar-refractivity contribution in [2.75, 3.05) is 0 Å². The summed E-state index contributed by atoms with van der Waals surface area (Å²) in [5, 5.41) is 1.10. The van der Waals surface area contributed by atoms with Crippen LogP contribution in [-0.4, -0.2) is 0 Å². The zero-order chi connectivity index (χ0) is 13.1. The van der Waals surface area contributed by atoms with Crippen molar-refractivity contribution in [3.05, 3.63) is 57.6 Å². The van der Waals surface area contributed by atoms with E-state index in [2.05, 4.69) is 0 Å². The molecular formula is C14H13Cl2NO. The van der Waals surface area contributed by atoms with Gasteiger partial charge in [-0.1, -0.05) is 29.3 Å². The molecule has 0 bridgehead atoms. The molecule has 0 aromatic heterocycles. The molecule has 2 aromatic rings. The summed E-state index contributed by atoms with van der Waals surface area (Å²) in [4.78, 5) is 0. The molecule has 0 spiro atoms. The lowest BCUT2D eigenvalue weighted by molar-refractivity contribution is 0.482. The van der Waals surface area contributed by atoms with Gasteiger partial charge >= 0.3 is 0 Å². The topological polar surface area (TPSA) is 35.2 Å². The molecule has 0 unspecified atom stereocenters. The molecule has 0 aliphatic carbocycles. The molecule has 4 heteroatoms. The number of halogens is 2. The average molecular weight is 282 g/mol. The second kappa shape index (κ2) is 5.61. The third-order valence-electron chi connectivity index (χ3n) is 2.61. The molecule has 2 aromatic carbocycles. The fraction of sp³-hybridized carbons (Fsp3) is 0.143. The molecule has 0 saturated carbocycles. The van der Waals surface area contributed by atoms with E-state index in [1.54, 1.807) is 18.2 Å². The van der Waals surface area contributed by atoms with Crippen LogP contribution in [-0.2, 0) is 6.54 Å². The summed E-state index contributed by atoms with van der Waals surface area (Å²) in [5.74, 6) is 1.36. The van der Waals surface area contributed by atoms with E-state index in [4.69, 9.17) is 33.7 Å². The Balaban J connectivity index is 2.25. The molecule has 2 N–H and O–H groups in total. The summed E-state index contributed by atoms with van der Waals surface area (Å²) in [5.41, 5.74) is 7.82. The predicted molar refractivity (Wildman–Crippen MR) is 75.6 cm³/mol. The highest BCUT2D eigenvalue weighted by Gasteiger charge is 2.03. The summed E-state index contributed by atoms with van der Waals surface area (Å²) in [7, 11) is 0. The van der Waals surface area contributed by atoms with E-state index in [0.717, 1.165) is 16.9 Å². The Morgan fingerprint density at radius 1 is 1.00 bits per heavy atom. The van der Waals surface area contributed by atoms with Gasteiger partial charge in [0.1, 0.15) is 11.5 Å². The van der Waals surface area contributed by atoms with Gasteiger partial charge in [-0.3, -0.25) is 0 Å². The van der Waals surface area contributed by atoms with E-state index in [1.807, 2.05) is 25.1 Å². The molecule has 18 heavy (non-hydrogen) atoms. The third kappa shape index (κ3) is 3.16. The van der Waals surface area contributed by atoms with Crippen LogP contribution in [0.5, 0.6) is 11.5 Å². The lowest BCUT2D eigenvalue weighted by Crippen LogP contribution is -1.98. The van der Waals surface area contributed by atoms with Gasteiger partial charge in [0.2, 0.25) is 0 Å². The van der Waals surface area contributed by atoms with Crippen LogP contribution < -0.4 is 10.5 Å². The zero-order valence-electron chi connectivity index (χ0n) is 9.91. The fourth-order valence-electron chi connectivity index (χ4n) is 1.68. The lowest BCUT2D eigenvalue weighted by atomic mass is 10.1. The highest BCUT2D eigenvalue weighted by Crippen LogP contribution is 2.29. The number of benzene rings is 2. The molecule has 0 radical (unpaired) electrons. The molecule has 0 fully saturated rings. The first-order valence-electron chi connectivity index (χ1n) is 5.52. The molecule has 2 rings (SSSR count). The predicted octanol–water partition coefficient (Wildman–Crippen LogP) is 4.55. The molecular weight excluding hydrogens is 269 g/mol. The van der Waals surface area contributed by atoms with Gasteiger partial charge in [-0.15, -0.1) is 0 Å². The second-order valence-corrected chi connectivity index (χ2v) is 4.87. The zero-order valence-corrected chi connectivity index (χ0v) is 11.4. The quantitative estimate of drug-likeness (QED) is 0.896. The van der Waals surface area contributed by atoms with Crippen LogP contribution in [0.15, 0.2) is 36.4 Å². The van der Waals surface area contributed by atoms with Gasteiger partial charge in [-0.2, -0.15) is 0 Å². The summed E-state index contributed by atoms with van der Waals surface area (Å²) < 4.78 is 5.71. The SMILES string of the molecule is Cc1cc(Oc2cc(Cl)cc(Cl)c2)ccc1CN. The summed E-state index contributed by atoms with van der Waals surface area (Å²) in [6.45, 7) is 2.52. The van der Waals surface area contributed by atoms with Crippen molar-refractivity contribution in [1.29, 1.82) is 0 Å². The van der Waals surface area contributed by atoms with E-state index < -0.39 is 0 Å². The molecule has 0 aliphatic rings. The van der Waals surface area contributed by atoms with Crippen molar-refractivity contribution in [1.82, 2.24) is 0 Å². The van der Waals surface area contributed by atoms with Crippen LogP contribution in [0.2, 0.25) is 10.0 Å². The smallest absolute Gasteiger partial charge is 0.130 e. The van der Waals surface area contributed by atoms with Crippen molar-refractivity contribution in [2.24, 2.45) is 5.73 Å². The number of nitrogens with two attached hydrogens (primary N) is 1. The Labute approximate surface area is 116 Å². The van der Waals surface area contributed by atoms with Gasteiger partial charge < -0.3 is 10.5 Å². The summed E-state index contributed by atoms with van der Waals surface area (Å²) >= 11 is 11.8.